The second-order valence-corrected chi connectivity index (χ2v) is 7.11. The number of piperazine rings is 1. The lowest BCUT2D eigenvalue weighted by molar-refractivity contribution is -0.116. The van der Waals surface area contributed by atoms with Crippen molar-refractivity contribution in [2.75, 3.05) is 51.2 Å². The number of nitrogens with one attached hydrogen (secondary N) is 1. The first kappa shape index (κ1) is 18.2. The van der Waals surface area contributed by atoms with Crippen LogP contribution < -0.4 is 10.1 Å². The highest BCUT2D eigenvalue weighted by atomic mass is 16.5. The summed E-state index contributed by atoms with van der Waals surface area (Å²) in [6, 6.07) is 6.04. The van der Waals surface area contributed by atoms with E-state index in [2.05, 4.69) is 28.1 Å². The van der Waals surface area contributed by atoms with Gasteiger partial charge < -0.3 is 19.9 Å². The number of amides is 1. The summed E-state index contributed by atoms with van der Waals surface area (Å²) in [5, 5.41) is 2.93. The zero-order valence-electron chi connectivity index (χ0n) is 15.4. The van der Waals surface area contributed by atoms with E-state index in [0.717, 1.165) is 37.4 Å². The predicted molar refractivity (Wildman–Crippen MR) is 101 cm³/mol. The Bertz CT molecular complexity index is 568. The molecule has 0 saturated carbocycles. The third kappa shape index (κ3) is 5.44. The maximum Gasteiger partial charge on any atom is 0.224 e. The first-order chi connectivity index (χ1) is 12.2. The highest BCUT2D eigenvalue weighted by Gasteiger charge is 2.16. The lowest BCUT2D eigenvalue weighted by Gasteiger charge is -2.34. The number of hydrogen-bond acceptors (Lipinski definition) is 4. The van der Waals surface area contributed by atoms with Gasteiger partial charge in [-0.25, -0.2) is 0 Å². The highest BCUT2D eigenvalue weighted by molar-refractivity contribution is 5.94. The Kier molecular flexibility index (Phi) is 6.70. The van der Waals surface area contributed by atoms with Crippen LogP contribution in [0.5, 0.6) is 5.75 Å². The van der Waals surface area contributed by atoms with E-state index in [1.807, 2.05) is 12.1 Å². The lowest BCUT2D eigenvalue weighted by atomic mass is 10.0. The van der Waals surface area contributed by atoms with E-state index in [9.17, 15) is 4.79 Å². The number of aryl methyl sites for hydroxylation is 1. The van der Waals surface area contributed by atoms with Crippen LogP contribution in [0.4, 0.5) is 5.69 Å². The van der Waals surface area contributed by atoms with E-state index in [1.165, 1.54) is 51.1 Å². The Morgan fingerprint density at radius 3 is 2.48 bits per heavy atom. The Morgan fingerprint density at radius 2 is 1.76 bits per heavy atom. The van der Waals surface area contributed by atoms with Gasteiger partial charge in [-0.1, -0.05) is 19.4 Å². The van der Waals surface area contributed by atoms with Crippen LogP contribution >= 0.6 is 0 Å². The fourth-order valence-corrected chi connectivity index (χ4v) is 3.54. The number of hydrogen-bond donors (Lipinski definition) is 1. The predicted octanol–water partition coefficient (Wildman–Crippen LogP) is 2.76. The van der Waals surface area contributed by atoms with E-state index in [0.29, 0.717) is 6.42 Å². The summed E-state index contributed by atoms with van der Waals surface area (Å²) in [7, 11) is 0. The minimum atomic E-state index is 0.0997. The smallest absolute Gasteiger partial charge is 0.224 e. The van der Waals surface area contributed by atoms with Crippen molar-refractivity contribution in [2.24, 2.45) is 0 Å². The molecule has 1 N–H and O–H groups in total. The molecular formula is C20H31N3O2. The van der Waals surface area contributed by atoms with Crippen LogP contribution in [0.1, 0.15) is 38.2 Å². The maximum absolute atomic E-state index is 11.5. The zero-order chi connectivity index (χ0) is 17.5. The van der Waals surface area contributed by atoms with Crippen LogP contribution in [-0.4, -0.2) is 61.6 Å². The number of unbranched alkanes of at least 4 members (excludes halogenated alkanes) is 1. The largest absolute Gasteiger partial charge is 0.493 e. The summed E-state index contributed by atoms with van der Waals surface area (Å²) in [6.45, 7) is 10.1. The summed E-state index contributed by atoms with van der Waals surface area (Å²) in [5.41, 5.74) is 2.12. The topological polar surface area (TPSA) is 44.8 Å². The molecule has 1 saturated heterocycles. The van der Waals surface area contributed by atoms with Crippen LogP contribution in [0, 0.1) is 0 Å². The van der Waals surface area contributed by atoms with Gasteiger partial charge in [0.25, 0.3) is 0 Å². The van der Waals surface area contributed by atoms with Gasteiger partial charge in [-0.05, 0) is 37.4 Å². The molecule has 2 aliphatic heterocycles. The Morgan fingerprint density at radius 1 is 1.04 bits per heavy atom. The normalized spacial score (nSPS) is 18.7. The quantitative estimate of drug-likeness (QED) is 0.736. The minimum Gasteiger partial charge on any atom is -0.493 e. The second kappa shape index (κ2) is 9.20. The number of ether oxygens (including phenoxy) is 1. The summed E-state index contributed by atoms with van der Waals surface area (Å²) >= 11 is 0. The number of carbonyl (C=O) groups excluding carboxylic acids is 1. The second-order valence-electron chi connectivity index (χ2n) is 7.11. The molecule has 0 atom stereocenters. The average molecular weight is 345 g/mol. The van der Waals surface area contributed by atoms with Crippen LogP contribution in [0.15, 0.2) is 18.2 Å². The van der Waals surface area contributed by atoms with Crippen molar-refractivity contribution >= 4 is 11.6 Å². The third-order valence-corrected chi connectivity index (χ3v) is 5.16. The van der Waals surface area contributed by atoms with Crippen molar-refractivity contribution in [3.63, 3.8) is 0 Å². The molecule has 0 radical (unpaired) electrons. The van der Waals surface area contributed by atoms with E-state index in [1.54, 1.807) is 0 Å². The fraction of sp³-hybridized carbons (Fsp3) is 0.650. The molecule has 0 spiro atoms. The van der Waals surface area contributed by atoms with Crippen molar-refractivity contribution in [1.82, 2.24) is 9.80 Å². The van der Waals surface area contributed by atoms with Crippen LogP contribution in [-0.2, 0) is 11.2 Å². The van der Waals surface area contributed by atoms with Gasteiger partial charge in [-0.3, -0.25) is 4.79 Å². The molecule has 138 valence electrons. The number of carbonyl (C=O) groups is 1. The Labute approximate surface area is 151 Å². The van der Waals surface area contributed by atoms with Gasteiger partial charge in [0.2, 0.25) is 5.91 Å². The molecule has 0 aromatic heterocycles. The SMILES string of the molecule is CCCCN1CCN(CCCOc2ccc3c(c2)NC(=O)CC3)CC1. The van der Waals surface area contributed by atoms with Crippen LogP contribution in [0.25, 0.3) is 0 Å². The molecule has 2 aliphatic rings. The molecule has 3 rings (SSSR count). The molecule has 0 aliphatic carbocycles. The molecule has 0 bridgehead atoms. The van der Waals surface area contributed by atoms with E-state index >= 15 is 0 Å². The van der Waals surface area contributed by atoms with Crippen LogP contribution in [0.3, 0.4) is 0 Å². The van der Waals surface area contributed by atoms with Gasteiger partial charge in [0, 0.05) is 50.9 Å². The van der Waals surface area contributed by atoms with Crippen molar-refractivity contribution in [1.29, 1.82) is 0 Å². The highest BCUT2D eigenvalue weighted by Crippen LogP contribution is 2.27. The van der Waals surface area contributed by atoms with Gasteiger partial charge in [-0.2, -0.15) is 0 Å². The maximum atomic E-state index is 11.5. The number of nitrogens with zero attached hydrogens (tertiary/aromatic N) is 2. The Hall–Kier alpha value is -1.59. The standard InChI is InChI=1S/C20H31N3O2/c1-2-3-9-22-11-13-23(14-12-22)10-4-15-25-18-7-5-17-6-8-20(24)21-19(17)16-18/h5,7,16H,2-4,6,8-15H2,1H3,(H,21,24). The molecule has 1 fully saturated rings. The van der Waals surface area contributed by atoms with Gasteiger partial charge in [0.05, 0.1) is 6.61 Å². The first-order valence-electron chi connectivity index (χ1n) is 9.75. The first-order valence-corrected chi connectivity index (χ1v) is 9.75. The number of rotatable bonds is 8. The van der Waals surface area contributed by atoms with Crippen molar-refractivity contribution in [3.05, 3.63) is 23.8 Å². The van der Waals surface area contributed by atoms with Gasteiger partial charge in [-0.15, -0.1) is 0 Å². The van der Waals surface area contributed by atoms with Crippen molar-refractivity contribution in [2.45, 2.75) is 39.0 Å². The van der Waals surface area contributed by atoms with Crippen molar-refractivity contribution in [3.8, 4) is 5.75 Å². The molecule has 1 aromatic rings. The zero-order valence-corrected chi connectivity index (χ0v) is 15.4. The number of fused-ring (bicyclic) bond motifs is 1. The summed E-state index contributed by atoms with van der Waals surface area (Å²) < 4.78 is 5.88. The van der Waals surface area contributed by atoms with Gasteiger partial charge in [0.1, 0.15) is 5.75 Å². The molecule has 1 aromatic carbocycles. The summed E-state index contributed by atoms with van der Waals surface area (Å²) in [6.07, 6.45) is 5.04. The van der Waals surface area contributed by atoms with E-state index in [-0.39, 0.29) is 5.91 Å². The molecule has 0 unspecified atom stereocenters. The van der Waals surface area contributed by atoms with Gasteiger partial charge in [0.15, 0.2) is 0 Å². The fourth-order valence-electron chi connectivity index (χ4n) is 3.54. The molecule has 5 heteroatoms. The molecule has 5 nitrogen and oxygen atoms in total. The Balaban J connectivity index is 1.34. The van der Waals surface area contributed by atoms with E-state index < -0.39 is 0 Å². The number of anilines is 1. The molecule has 2 heterocycles. The monoisotopic (exact) mass is 345 g/mol. The van der Waals surface area contributed by atoms with Crippen molar-refractivity contribution < 1.29 is 9.53 Å². The number of benzene rings is 1. The third-order valence-electron chi connectivity index (χ3n) is 5.16. The minimum absolute atomic E-state index is 0.0997. The molecule has 25 heavy (non-hydrogen) atoms. The van der Waals surface area contributed by atoms with Gasteiger partial charge >= 0.3 is 0 Å². The average Bonchev–Trinajstić information content (AvgIpc) is 2.64. The summed E-state index contributed by atoms with van der Waals surface area (Å²) in [4.78, 5) is 16.6. The molecule has 1 amide bonds. The van der Waals surface area contributed by atoms with E-state index in [4.69, 9.17) is 4.74 Å². The molecular weight excluding hydrogens is 314 g/mol. The summed E-state index contributed by atoms with van der Waals surface area (Å²) in [5.74, 6) is 0.952. The lowest BCUT2D eigenvalue weighted by Crippen LogP contribution is -2.46. The van der Waals surface area contributed by atoms with Crippen LogP contribution in [0.2, 0.25) is 0 Å².